The largest absolute Gasteiger partial charge is 0.224 e. The molecule has 3 heteroatoms. The van der Waals surface area contributed by atoms with Crippen LogP contribution >= 0.6 is 0 Å². The maximum Gasteiger partial charge on any atom is 0.178 e. The van der Waals surface area contributed by atoms with Crippen LogP contribution in [0.3, 0.4) is 0 Å². The predicted molar refractivity (Wildman–Crippen MR) is 43.0 cm³/mol. The van der Waals surface area contributed by atoms with Gasteiger partial charge < -0.3 is 0 Å². The molecule has 0 saturated carbocycles. The van der Waals surface area contributed by atoms with Gasteiger partial charge in [0.15, 0.2) is 9.84 Å². The van der Waals surface area contributed by atoms with Gasteiger partial charge in [0.25, 0.3) is 0 Å². The molecule has 59 valence electrons. The van der Waals surface area contributed by atoms with Gasteiger partial charge in [-0.1, -0.05) is 25.1 Å². The molecule has 0 aliphatic rings. The minimum Gasteiger partial charge on any atom is -0.224 e. The zero-order valence-electron chi connectivity index (χ0n) is 6.24. The van der Waals surface area contributed by atoms with Crippen LogP contribution in [0.5, 0.6) is 0 Å². The lowest BCUT2D eigenvalue weighted by molar-refractivity contribution is 0.597. The summed E-state index contributed by atoms with van der Waals surface area (Å²) in [6, 6.07) is 9.26. The van der Waals surface area contributed by atoms with Crippen LogP contribution < -0.4 is 0 Å². The van der Waals surface area contributed by atoms with Crippen LogP contribution in [0.15, 0.2) is 29.2 Å². The van der Waals surface area contributed by atoms with Crippen molar-refractivity contribution in [2.24, 2.45) is 0 Å². The van der Waals surface area contributed by atoms with Crippen molar-refractivity contribution in [2.75, 3.05) is 5.75 Å². The van der Waals surface area contributed by atoms with Gasteiger partial charge >= 0.3 is 0 Å². The summed E-state index contributed by atoms with van der Waals surface area (Å²) in [6.07, 6.45) is 0. The average Bonchev–Trinajstić information content (AvgIpc) is 2.06. The van der Waals surface area contributed by atoms with Gasteiger partial charge in [0.05, 0.1) is 10.6 Å². The molecule has 0 aliphatic heterocycles. The van der Waals surface area contributed by atoms with Crippen molar-refractivity contribution in [3.05, 3.63) is 30.3 Å². The molecule has 0 bridgehead atoms. The van der Waals surface area contributed by atoms with Crippen LogP contribution in [0.1, 0.15) is 6.92 Å². The summed E-state index contributed by atoms with van der Waals surface area (Å²) in [5.74, 6) is 0.132. The molecule has 0 atom stereocenters. The fraction of sp³-hybridized carbons (Fsp3) is 0.250. The quantitative estimate of drug-likeness (QED) is 0.668. The molecule has 0 heterocycles. The third-order valence-electron chi connectivity index (χ3n) is 1.40. The molecule has 0 N–H and O–H groups in total. The van der Waals surface area contributed by atoms with Gasteiger partial charge in [0, 0.05) is 6.07 Å². The highest BCUT2D eigenvalue weighted by molar-refractivity contribution is 7.91. The van der Waals surface area contributed by atoms with Crippen molar-refractivity contribution in [2.45, 2.75) is 11.8 Å². The third-order valence-corrected chi connectivity index (χ3v) is 3.08. The summed E-state index contributed by atoms with van der Waals surface area (Å²) in [4.78, 5) is 0.280. The molecular formula is C8H9O2S. The van der Waals surface area contributed by atoms with Gasteiger partial charge in [0.1, 0.15) is 0 Å². The fourth-order valence-corrected chi connectivity index (χ4v) is 1.57. The van der Waals surface area contributed by atoms with E-state index in [9.17, 15) is 8.42 Å². The van der Waals surface area contributed by atoms with Crippen molar-refractivity contribution < 1.29 is 8.42 Å². The van der Waals surface area contributed by atoms with Crippen molar-refractivity contribution in [3.63, 3.8) is 0 Å². The maximum atomic E-state index is 11.2. The Bertz CT molecular complexity index is 313. The molecule has 1 aromatic rings. The molecule has 1 aromatic carbocycles. The predicted octanol–water partition coefficient (Wildman–Crippen LogP) is 1.28. The fourth-order valence-electron chi connectivity index (χ4n) is 0.726. The molecule has 0 aromatic heterocycles. The van der Waals surface area contributed by atoms with Crippen LogP contribution in [0.2, 0.25) is 0 Å². The zero-order chi connectivity index (χ0) is 8.32. The van der Waals surface area contributed by atoms with Gasteiger partial charge in [0.2, 0.25) is 0 Å². The van der Waals surface area contributed by atoms with Crippen molar-refractivity contribution in [3.8, 4) is 0 Å². The van der Waals surface area contributed by atoms with E-state index in [2.05, 4.69) is 6.07 Å². The monoisotopic (exact) mass is 169 g/mol. The van der Waals surface area contributed by atoms with E-state index in [1.165, 1.54) is 0 Å². The van der Waals surface area contributed by atoms with Gasteiger partial charge in [-0.2, -0.15) is 0 Å². The van der Waals surface area contributed by atoms with Crippen LogP contribution in [0.25, 0.3) is 0 Å². The molecule has 1 radical (unpaired) electrons. The molecule has 1 rings (SSSR count). The lowest BCUT2D eigenvalue weighted by Gasteiger charge is -1.97. The Kier molecular flexibility index (Phi) is 2.29. The Balaban J connectivity index is 3.14. The second kappa shape index (κ2) is 3.05. The second-order valence-electron chi connectivity index (χ2n) is 2.13. The highest BCUT2D eigenvalue weighted by Crippen LogP contribution is 2.07. The minimum atomic E-state index is -3.05. The maximum absolute atomic E-state index is 11.2. The van der Waals surface area contributed by atoms with Crippen LogP contribution in [0, 0.1) is 6.07 Å². The van der Waals surface area contributed by atoms with Gasteiger partial charge in [-0.25, -0.2) is 8.42 Å². The summed E-state index contributed by atoms with van der Waals surface area (Å²) < 4.78 is 22.3. The zero-order valence-corrected chi connectivity index (χ0v) is 7.06. The summed E-state index contributed by atoms with van der Waals surface area (Å²) in [5, 5.41) is 0. The SMILES string of the molecule is CCS(=O)(=O)c1[c]cccc1. The highest BCUT2D eigenvalue weighted by atomic mass is 32.2. The van der Waals surface area contributed by atoms with Crippen molar-refractivity contribution in [1.29, 1.82) is 0 Å². The van der Waals surface area contributed by atoms with Crippen molar-refractivity contribution >= 4 is 9.84 Å². The summed E-state index contributed by atoms with van der Waals surface area (Å²) >= 11 is 0. The first-order valence-electron chi connectivity index (χ1n) is 3.36. The van der Waals surface area contributed by atoms with E-state index in [-0.39, 0.29) is 10.6 Å². The van der Waals surface area contributed by atoms with Crippen LogP contribution in [0.4, 0.5) is 0 Å². The lowest BCUT2D eigenvalue weighted by Crippen LogP contribution is -2.02. The summed E-state index contributed by atoms with van der Waals surface area (Å²) in [6.45, 7) is 1.62. The number of sulfone groups is 1. The molecule has 0 saturated heterocycles. The number of benzene rings is 1. The molecule has 11 heavy (non-hydrogen) atoms. The van der Waals surface area contributed by atoms with E-state index in [0.29, 0.717) is 0 Å². The molecule has 0 unspecified atom stereocenters. The molecular weight excluding hydrogens is 160 g/mol. The van der Waals surface area contributed by atoms with E-state index in [4.69, 9.17) is 0 Å². The molecule has 2 nitrogen and oxygen atoms in total. The number of hydrogen-bond acceptors (Lipinski definition) is 2. The van der Waals surface area contributed by atoms with E-state index in [1.54, 1.807) is 31.2 Å². The van der Waals surface area contributed by atoms with Gasteiger partial charge in [-0.05, 0) is 6.07 Å². The van der Waals surface area contributed by atoms with Gasteiger partial charge in [-0.15, -0.1) is 0 Å². The number of hydrogen-bond donors (Lipinski definition) is 0. The van der Waals surface area contributed by atoms with Gasteiger partial charge in [-0.3, -0.25) is 0 Å². The molecule has 0 spiro atoms. The third kappa shape index (κ3) is 1.80. The smallest absolute Gasteiger partial charge is 0.178 e. The second-order valence-corrected chi connectivity index (χ2v) is 4.38. The van der Waals surface area contributed by atoms with Crippen LogP contribution in [-0.2, 0) is 9.84 Å². The van der Waals surface area contributed by atoms with Crippen molar-refractivity contribution in [1.82, 2.24) is 0 Å². The molecule has 0 aliphatic carbocycles. The van der Waals surface area contributed by atoms with Crippen LogP contribution in [-0.4, -0.2) is 14.2 Å². The molecule has 0 fully saturated rings. The Labute approximate surface area is 66.8 Å². The summed E-state index contributed by atoms with van der Waals surface area (Å²) in [7, 11) is -3.05. The first-order chi connectivity index (χ1) is 5.17. The minimum absolute atomic E-state index is 0.132. The average molecular weight is 169 g/mol. The standard InChI is InChI=1S/C8H9O2S/c1-2-11(9,10)8-6-4-3-5-7-8/h3-6H,2H2,1H3. The number of rotatable bonds is 2. The van der Waals surface area contributed by atoms with E-state index in [1.807, 2.05) is 0 Å². The highest BCUT2D eigenvalue weighted by Gasteiger charge is 2.09. The topological polar surface area (TPSA) is 34.1 Å². The summed E-state index contributed by atoms with van der Waals surface area (Å²) in [5.41, 5.74) is 0. The Hall–Kier alpha value is -0.830. The first kappa shape index (κ1) is 8.27. The van der Waals surface area contributed by atoms with E-state index < -0.39 is 9.84 Å². The normalized spacial score (nSPS) is 11.4. The Morgan fingerprint density at radius 3 is 2.64 bits per heavy atom. The Morgan fingerprint density at radius 2 is 2.18 bits per heavy atom. The lowest BCUT2D eigenvalue weighted by atomic mass is 10.4. The first-order valence-corrected chi connectivity index (χ1v) is 5.01. The van der Waals surface area contributed by atoms with E-state index >= 15 is 0 Å². The van der Waals surface area contributed by atoms with E-state index in [0.717, 1.165) is 0 Å². The Morgan fingerprint density at radius 1 is 1.45 bits per heavy atom. The molecule has 0 amide bonds.